The van der Waals surface area contributed by atoms with E-state index < -0.39 is 17.6 Å². The molecule has 2 heterocycles. The van der Waals surface area contributed by atoms with Gasteiger partial charge in [0.25, 0.3) is 5.91 Å². The van der Waals surface area contributed by atoms with E-state index >= 15 is 0 Å². The molecule has 0 saturated carbocycles. The molecule has 1 aliphatic rings. The van der Waals surface area contributed by atoms with Crippen LogP contribution in [0.4, 0.5) is 18.3 Å². The highest BCUT2D eigenvalue weighted by Gasteiger charge is 2.32. The Morgan fingerprint density at radius 1 is 1.07 bits per heavy atom. The summed E-state index contributed by atoms with van der Waals surface area (Å²) in [6.07, 6.45) is -4.47. The zero-order valence-corrected chi connectivity index (χ0v) is 16.1. The van der Waals surface area contributed by atoms with Crippen molar-refractivity contribution in [1.82, 2.24) is 9.88 Å². The molecular formula is C19H15ClF3N3OS. The Morgan fingerprint density at radius 2 is 1.79 bits per heavy atom. The van der Waals surface area contributed by atoms with E-state index in [9.17, 15) is 18.0 Å². The first-order chi connectivity index (χ1) is 13.3. The van der Waals surface area contributed by atoms with Gasteiger partial charge in [-0.3, -0.25) is 4.79 Å². The van der Waals surface area contributed by atoms with Crippen LogP contribution in [-0.2, 0) is 6.18 Å². The fraction of sp³-hybridized carbons (Fsp3) is 0.263. The maximum absolute atomic E-state index is 12.9. The summed E-state index contributed by atoms with van der Waals surface area (Å²) in [7, 11) is 0. The smallest absolute Gasteiger partial charge is 0.345 e. The molecule has 3 aromatic rings. The highest BCUT2D eigenvalue weighted by atomic mass is 35.5. The number of aromatic nitrogens is 1. The normalized spacial score (nSPS) is 15.3. The van der Waals surface area contributed by atoms with Gasteiger partial charge in [0.1, 0.15) is 5.52 Å². The summed E-state index contributed by atoms with van der Waals surface area (Å²) in [5.74, 6) is -0.391. The number of amides is 1. The van der Waals surface area contributed by atoms with Gasteiger partial charge in [-0.1, -0.05) is 35.1 Å². The third-order valence-electron chi connectivity index (χ3n) is 4.63. The van der Waals surface area contributed by atoms with Gasteiger partial charge >= 0.3 is 6.18 Å². The van der Waals surface area contributed by atoms with Gasteiger partial charge in [0.05, 0.1) is 15.3 Å². The molecule has 0 aliphatic carbocycles. The fourth-order valence-corrected chi connectivity index (χ4v) is 4.47. The number of carbonyl (C=O) groups is 1. The van der Waals surface area contributed by atoms with E-state index in [1.807, 2.05) is 12.1 Å². The van der Waals surface area contributed by atoms with Crippen LogP contribution in [0, 0.1) is 0 Å². The largest absolute Gasteiger partial charge is 0.416 e. The highest BCUT2D eigenvalue weighted by Crippen LogP contribution is 2.33. The van der Waals surface area contributed by atoms with Crippen LogP contribution >= 0.6 is 22.9 Å². The van der Waals surface area contributed by atoms with Crippen molar-refractivity contribution in [3.8, 4) is 0 Å². The van der Waals surface area contributed by atoms with E-state index in [2.05, 4.69) is 9.88 Å². The Labute approximate surface area is 168 Å². The van der Waals surface area contributed by atoms with Crippen LogP contribution in [0.15, 0.2) is 42.5 Å². The third kappa shape index (κ3) is 3.66. The minimum Gasteiger partial charge on any atom is -0.345 e. The van der Waals surface area contributed by atoms with Crippen molar-refractivity contribution in [3.05, 3.63) is 58.6 Å². The fourth-order valence-electron chi connectivity index (χ4n) is 3.15. The van der Waals surface area contributed by atoms with Crippen LogP contribution in [-0.4, -0.2) is 42.0 Å². The number of carbonyl (C=O) groups excluding carboxylic acids is 1. The molecular weight excluding hydrogens is 411 g/mol. The number of piperazine rings is 1. The van der Waals surface area contributed by atoms with Crippen molar-refractivity contribution in [2.75, 3.05) is 31.1 Å². The number of nitrogens with zero attached hydrogens (tertiary/aromatic N) is 3. The summed E-state index contributed by atoms with van der Waals surface area (Å²) in [4.78, 5) is 20.8. The van der Waals surface area contributed by atoms with Gasteiger partial charge in [0.15, 0.2) is 5.13 Å². The van der Waals surface area contributed by atoms with E-state index in [-0.39, 0.29) is 5.56 Å². The van der Waals surface area contributed by atoms with Gasteiger partial charge in [-0.25, -0.2) is 4.98 Å². The first kappa shape index (κ1) is 19.0. The molecule has 0 spiro atoms. The van der Waals surface area contributed by atoms with Crippen LogP contribution in [0.1, 0.15) is 15.9 Å². The summed E-state index contributed by atoms with van der Waals surface area (Å²) in [6.45, 7) is 1.95. The van der Waals surface area contributed by atoms with Gasteiger partial charge in [0, 0.05) is 31.7 Å². The topological polar surface area (TPSA) is 36.4 Å². The Kier molecular flexibility index (Phi) is 4.93. The molecule has 0 unspecified atom stereocenters. The number of benzene rings is 2. The summed E-state index contributed by atoms with van der Waals surface area (Å²) in [6, 6.07) is 10.2. The van der Waals surface area contributed by atoms with Crippen molar-refractivity contribution in [3.63, 3.8) is 0 Å². The van der Waals surface area contributed by atoms with Crippen LogP contribution in [0.3, 0.4) is 0 Å². The molecule has 1 aliphatic heterocycles. The minimum absolute atomic E-state index is 0.0510. The Morgan fingerprint density at radius 3 is 2.46 bits per heavy atom. The standard InChI is InChI=1S/C19H15ClF3N3OS/c20-14-5-2-6-15-16(14)24-18(28-15)26-9-7-25(8-10-26)17(27)12-3-1-4-13(11-12)19(21,22)23/h1-6,11H,7-10H2. The molecule has 1 amide bonds. The number of thiazole rings is 1. The average molecular weight is 426 g/mol. The number of fused-ring (bicyclic) bond motifs is 1. The zero-order chi connectivity index (χ0) is 19.9. The lowest BCUT2D eigenvalue weighted by Crippen LogP contribution is -2.48. The van der Waals surface area contributed by atoms with Crippen molar-refractivity contribution in [2.24, 2.45) is 0 Å². The van der Waals surface area contributed by atoms with E-state index in [0.717, 1.165) is 27.5 Å². The summed E-state index contributed by atoms with van der Waals surface area (Å²) in [5, 5.41) is 1.42. The second kappa shape index (κ2) is 7.25. The molecule has 0 radical (unpaired) electrons. The number of alkyl halides is 3. The molecule has 0 N–H and O–H groups in total. The molecule has 9 heteroatoms. The van der Waals surface area contributed by atoms with Gasteiger partial charge in [-0.2, -0.15) is 13.2 Å². The number of anilines is 1. The Hall–Kier alpha value is -2.32. The number of para-hydroxylation sites is 1. The number of hydrogen-bond acceptors (Lipinski definition) is 4. The SMILES string of the molecule is O=C(c1cccc(C(F)(F)F)c1)N1CCN(c2nc3c(Cl)cccc3s2)CC1. The maximum atomic E-state index is 12.9. The predicted molar refractivity (Wildman–Crippen MR) is 104 cm³/mol. The van der Waals surface area contributed by atoms with Crippen molar-refractivity contribution in [1.29, 1.82) is 0 Å². The van der Waals surface area contributed by atoms with Crippen LogP contribution in [0.25, 0.3) is 10.2 Å². The number of rotatable bonds is 2. The number of hydrogen-bond donors (Lipinski definition) is 0. The second-order valence-corrected chi connectivity index (χ2v) is 7.86. The summed E-state index contributed by atoms with van der Waals surface area (Å²) >= 11 is 7.71. The summed E-state index contributed by atoms with van der Waals surface area (Å²) in [5.41, 5.74) is -0.00924. The molecule has 1 saturated heterocycles. The Bertz CT molecular complexity index is 1030. The van der Waals surface area contributed by atoms with Gasteiger partial charge in [-0.05, 0) is 30.3 Å². The first-order valence-electron chi connectivity index (χ1n) is 8.59. The van der Waals surface area contributed by atoms with E-state index in [1.54, 1.807) is 11.0 Å². The second-order valence-electron chi connectivity index (χ2n) is 6.44. The van der Waals surface area contributed by atoms with E-state index in [4.69, 9.17) is 11.6 Å². The highest BCUT2D eigenvalue weighted by molar-refractivity contribution is 7.22. The van der Waals surface area contributed by atoms with Crippen molar-refractivity contribution < 1.29 is 18.0 Å². The predicted octanol–water partition coefficient (Wildman–Crippen LogP) is 4.93. The average Bonchev–Trinajstić information content (AvgIpc) is 3.13. The molecule has 0 bridgehead atoms. The van der Waals surface area contributed by atoms with Gasteiger partial charge < -0.3 is 9.80 Å². The minimum atomic E-state index is -4.47. The molecule has 1 fully saturated rings. The van der Waals surface area contributed by atoms with Crippen LogP contribution in [0.5, 0.6) is 0 Å². The quantitative estimate of drug-likeness (QED) is 0.584. The van der Waals surface area contributed by atoms with E-state index in [0.29, 0.717) is 31.2 Å². The molecule has 2 aromatic carbocycles. The van der Waals surface area contributed by atoms with Crippen LogP contribution in [0.2, 0.25) is 5.02 Å². The molecule has 146 valence electrons. The molecule has 0 atom stereocenters. The molecule has 28 heavy (non-hydrogen) atoms. The first-order valence-corrected chi connectivity index (χ1v) is 9.79. The lowest BCUT2D eigenvalue weighted by atomic mass is 10.1. The third-order valence-corrected chi connectivity index (χ3v) is 6.02. The molecule has 4 nitrogen and oxygen atoms in total. The van der Waals surface area contributed by atoms with Gasteiger partial charge in [0.2, 0.25) is 0 Å². The lowest BCUT2D eigenvalue weighted by Gasteiger charge is -2.34. The maximum Gasteiger partial charge on any atom is 0.416 e. The lowest BCUT2D eigenvalue weighted by molar-refractivity contribution is -0.137. The molecule has 4 rings (SSSR count). The molecule has 1 aromatic heterocycles. The van der Waals surface area contributed by atoms with Crippen molar-refractivity contribution in [2.45, 2.75) is 6.18 Å². The monoisotopic (exact) mass is 425 g/mol. The summed E-state index contributed by atoms with van der Waals surface area (Å²) < 4.78 is 39.6. The van der Waals surface area contributed by atoms with E-state index in [1.165, 1.54) is 23.5 Å². The van der Waals surface area contributed by atoms with Crippen LogP contribution < -0.4 is 4.90 Å². The number of halogens is 4. The Balaban J connectivity index is 1.46. The van der Waals surface area contributed by atoms with Crippen molar-refractivity contribution >= 4 is 44.2 Å². The van der Waals surface area contributed by atoms with Gasteiger partial charge in [-0.15, -0.1) is 0 Å². The zero-order valence-electron chi connectivity index (χ0n) is 14.5.